The third-order valence-corrected chi connectivity index (χ3v) is 5.31. The average Bonchev–Trinajstić information content (AvgIpc) is 3.11. The lowest BCUT2D eigenvalue weighted by molar-refractivity contribution is -0.143. The Balaban J connectivity index is 1.68. The number of hydrogen-bond donors (Lipinski definition) is 0. The highest BCUT2D eigenvalue weighted by Crippen LogP contribution is 2.37. The van der Waals surface area contributed by atoms with Gasteiger partial charge in [-0.2, -0.15) is 4.68 Å². The van der Waals surface area contributed by atoms with Crippen molar-refractivity contribution in [2.45, 2.75) is 25.8 Å². The second-order valence-electron chi connectivity index (χ2n) is 6.73. The van der Waals surface area contributed by atoms with E-state index >= 15 is 0 Å². The van der Waals surface area contributed by atoms with Crippen LogP contribution in [0, 0.1) is 0 Å². The van der Waals surface area contributed by atoms with Crippen LogP contribution in [0.5, 0.6) is 17.4 Å². The van der Waals surface area contributed by atoms with Gasteiger partial charge in [0.2, 0.25) is 0 Å². The normalized spacial score (nSPS) is 12.9. The summed E-state index contributed by atoms with van der Waals surface area (Å²) in [5, 5.41) is 4.90. The average molecular weight is 465 g/mol. The monoisotopic (exact) mass is 464 g/mol. The zero-order chi connectivity index (χ0) is 22.0. The summed E-state index contributed by atoms with van der Waals surface area (Å²) in [6.07, 6.45) is 4.13. The molecule has 11 heteroatoms. The first-order chi connectivity index (χ1) is 15.0. The molecule has 0 radical (unpaired) electrons. The standard InChI is InChI=1S/C20H18Cl2N4O5/c1-29-18(27)11-30-19-15(5-4-7-23-19)31-16-10-14(12(21)9-13(16)22)26-20(28)25-8-3-2-6-17(25)24-26/h4-5,7,9-10H,2-3,6,8,11H2,1H3. The maximum atomic E-state index is 12.8. The maximum absolute atomic E-state index is 12.8. The Bertz CT molecular complexity index is 1190. The van der Waals surface area contributed by atoms with Crippen LogP contribution in [0.3, 0.4) is 0 Å². The van der Waals surface area contributed by atoms with Gasteiger partial charge in [-0.15, -0.1) is 5.10 Å². The number of aromatic nitrogens is 4. The summed E-state index contributed by atoms with van der Waals surface area (Å²) in [4.78, 5) is 28.3. The second kappa shape index (κ2) is 8.99. The van der Waals surface area contributed by atoms with Crippen molar-refractivity contribution in [3.8, 4) is 23.1 Å². The second-order valence-corrected chi connectivity index (χ2v) is 7.54. The van der Waals surface area contributed by atoms with E-state index in [9.17, 15) is 9.59 Å². The van der Waals surface area contributed by atoms with E-state index in [0.717, 1.165) is 25.1 Å². The highest BCUT2D eigenvalue weighted by Gasteiger charge is 2.21. The van der Waals surface area contributed by atoms with Crippen LogP contribution >= 0.6 is 23.2 Å². The van der Waals surface area contributed by atoms with E-state index in [2.05, 4.69) is 14.8 Å². The van der Waals surface area contributed by atoms with Gasteiger partial charge in [0.1, 0.15) is 11.6 Å². The van der Waals surface area contributed by atoms with Crippen molar-refractivity contribution in [3.63, 3.8) is 0 Å². The topological polar surface area (TPSA) is 97.5 Å². The number of fused-ring (bicyclic) bond motifs is 1. The molecule has 3 aromatic rings. The highest BCUT2D eigenvalue weighted by atomic mass is 35.5. The van der Waals surface area contributed by atoms with Crippen LogP contribution < -0.4 is 15.2 Å². The third-order valence-electron chi connectivity index (χ3n) is 4.71. The number of benzene rings is 1. The molecule has 2 aromatic heterocycles. The van der Waals surface area contributed by atoms with Gasteiger partial charge < -0.3 is 14.2 Å². The molecule has 1 aliphatic heterocycles. The van der Waals surface area contributed by atoms with Crippen molar-refractivity contribution in [3.05, 3.63) is 56.8 Å². The molecule has 0 atom stereocenters. The number of nitrogens with zero attached hydrogens (tertiary/aromatic N) is 4. The molecule has 0 saturated heterocycles. The molecule has 0 bridgehead atoms. The highest BCUT2D eigenvalue weighted by molar-refractivity contribution is 6.36. The zero-order valence-corrected chi connectivity index (χ0v) is 18.0. The molecule has 1 aromatic carbocycles. The fourth-order valence-electron chi connectivity index (χ4n) is 3.18. The Morgan fingerprint density at radius 3 is 2.81 bits per heavy atom. The van der Waals surface area contributed by atoms with Crippen molar-refractivity contribution in [2.24, 2.45) is 0 Å². The van der Waals surface area contributed by atoms with Gasteiger partial charge in [0.05, 0.1) is 22.8 Å². The lowest BCUT2D eigenvalue weighted by atomic mass is 10.2. The molecule has 0 aliphatic carbocycles. The van der Waals surface area contributed by atoms with Gasteiger partial charge >= 0.3 is 11.7 Å². The smallest absolute Gasteiger partial charge is 0.350 e. The van der Waals surface area contributed by atoms with Crippen molar-refractivity contribution in [2.75, 3.05) is 13.7 Å². The van der Waals surface area contributed by atoms with E-state index in [1.165, 1.54) is 30.1 Å². The van der Waals surface area contributed by atoms with Gasteiger partial charge in [0.25, 0.3) is 5.88 Å². The number of esters is 1. The number of pyridine rings is 1. The van der Waals surface area contributed by atoms with Crippen LogP contribution in [-0.2, 0) is 22.5 Å². The number of carbonyl (C=O) groups is 1. The van der Waals surface area contributed by atoms with E-state index in [-0.39, 0.29) is 39.7 Å². The molecule has 1 aliphatic rings. The largest absolute Gasteiger partial charge is 0.466 e. The molecule has 0 unspecified atom stereocenters. The van der Waals surface area contributed by atoms with Gasteiger partial charge in [-0.3, -0.25) is 4.57 Å². The molecular formula is C20H18Cl2N4O5. The van der Waals surface area contributed by atoms with E-state index in [1.807, 2.05) is 0 Å². The first-order valence-electron chi connectivity index (χ1n) is 9.48. The van der Waals surface area contributed by atoms with Gasteiger partial charge in [0.15, 0.2) is 12.4 Å². The Morgan fingerprint density at radius 2 is 2.03 bits per heavy atom. The van der Waals surface area contributed by atoms with Gasteiger partial charge in [0, 0.05) is 25.2 Å². The number of rotatable bonds is 6. The number of carbonyl (C=O) groups excluding carboxylic acids is 1. The Kier molecular flexibility index (Phi) is 6.15. The van der Waals surface area contributed by atoms with Crippen LogP contribution in [0.4, 0.5) is 0 Å². The van der Waals surface area contributed by atoms with Crippen molar-refractivity contribution < 1.29 is 19.0 Å². The van der Waals surface area contributed by atoms with Crippen molar-refractivity contribution >= 4 is 29.2 Å². The molecule has 3 heterocycles. The summed E-state index contributed by atoms with van der Waals surface area (Å²) in [6.45, 7) is 0.290. The van der Waals surface area contributed by atoms with E-state index < -0.39 is 5.97 Å². The molecule has 0 amide bonds. The summed E-state index contributed by atoms with van der Waals surface area (Å²) < 4.78 is 18.7. The summed E-state index contributed by atoms with van der Waals surface area (Å²) >= 11 is 12.7. The van der Waals surface area contributed by atoms with Crippen molar-refractivity contribution in [1.29, 1.82) is 0 Å². The molecule has 0 spiro atoms. The van der Waals surface area contributed by atoms with Crippen LogP contribution in [0.15, 0.2) is 35.3 Å². The number of halogens is 2. The Morgan fingerprint density at radius 1 is 1.19 bits per heavy atom. The van der Waals surface area contributed by atoms with Crippen LogP contribution in [0.2, 0.25) is 10.0 Å². The maximum Gasteiger partial charge on any atom is 0.350 e. The quantitative estimate of drug-likeness (QED) is 0.515. The number of methoxy groups -OCH3 is 1. The first kappa shape index (κ1) is 21.2. The van der Waals surface area contributed by atoms with E-state index in [0.29, 0.717) is 12.2 Å². The Hall–Kier alpha value is -3.04. The fraction of sp³-hybridized carbons (Fsp3) is 0.300. The number of ether oxygens (including phenoxy) is 3. The molecule has 0 N–H and O–H groups in total. The predicted octanol–water partition coefficient (Wildman–Crippen LogP) is 3.42. The molecule has 0 fully saturated rings. The third kappa shape index (κ3) is 4.38. The minimum atomic E-state index is -0.563. The summed E-state index contributed by atoms with van der Waals surface area (Å²) in [5.41, 5.74) is 0.0715. The number of hydrogen-bond acceptors (Lipinski definition) is 7. The summed E-state index contributed by atoms with van der Waals surface area (Å²) in [7, 11) is 1.26. The molecule has 0 saturated carbocycles. The molecule has 162 valence electrons. The van der Waals surface area contributed by atoms with Gasteiger partial charge in [-0.05, 0) is 31.0 Å². The fourth-order valence-corrected chi connectivity index (χ4v) is 3.68. The SMILES string of the molecule is COC(=O)COc1ncccc1Oc1cc(-n2nc3n(c2=O)CCCC3)c(Cl)cc1Cl. The van der Waals surface area contributed by atoms with E-state index in [1.54, 1.807) is 16.7 Å². The van der Waals surface area contributed by atoms with Crippen molar-refractivity contribution in [1.82, 2.24) is 19.3 Å². The van der Waals surface area contributed by atoms with Gasteiger partial charge in [-0.1, -0.05) is 23.2 Å². The predicted molar refractivity (Wildman–Crippen MR) is 113 cm³/mol. The van der Waals surface area contributed by atoms with E-state index in [4.69, 9.17) is 32.7 Å². The minimum Gasteiger partial charge on any atom is -0.466 e. The zero-order valence-electron chi connectivity index (χ0n) is 16.5. The van der Waals surface area contributed by atoms with Crippen LogP contribution in [0.1, 0.15) is 18.7 Å². The molecule has 4 rings (SSSR count). The summed E-state index contributed by atoms with van der Waals surface area (Å²) in [6, 6.07) is 6.25. The van der Waals surface area contributed by atoms with Crippen LogP contribution in [-0.4, -0.2) is 39.0 Å². The minimum absolute atomic E-state index is 0.0788. The lowest BCUT2D eigenvalue weighted by Gasteiger charge is -2.13. The molecule has 9 nitrogen and oxygen atoms in total. The lowest BCUT2D eigenvalue weighted by Crippen LogP contribution is -2.26. The molecule has 31 heavy (non-hydrogen) atoms. The first-order valence-corrected chi connectivity index (χ1v) is 10.2. The Labute approximate surface area is 187 Å². The number of aryl methyl sites for hydroxylation is 1. The molecular weight excluding hydrogens is 447 g/mol. The van der Waals surface area contributed by atoms with Crippen LogP contribution in [0.25, 0.3) is 5.69 Å². The van der Waals surface area contributed by atoms with Gasteiger partial charge in [-0.25, -0.2) is 14.6 Å². The summed E-state index contributed by atoms with van der Waals surface area (Å²) in [5.74, 6) is 0.671.